The number of carbonyl (C=O) groups excluding carboxylic acids is 2. The van der Waals surface area contributed by atoms with Crippen LogP contribution < -0.4 is 19.5 Å². The molecule has 158 valence electrons. The van der Waals surface area contributed by atoms with Crippen molar-refractivity contribution in [1.29, 1.82) is 0 Å². The second-order valence-corrected chi connectivity index (χ2v) is 7.08. The average molecular weight is 442 g/mol. The third-order valence-electron chi connectivity index (χ3n) is 4.50. The van der Waals surface area contributed by atoms with Crippen molar-refractivity contribution < 1.29 is 28.2 Å². The average Bonchev–Trinajstić information content (AvgIpc) is 2.78. The molecule has 1 aliphatic heterocycles. The van der Waals surface area contributed by atoms with Gasteiger partial charge < -0.3 is 19.5 Å². The number of rotatable bonds is 6. The first-order valence-electron chi connectivity index (χ1n) is 9.42. The van der Waals surface area contributed by atoms with Crippen molar-refractivity contribution in [3.63, 3.8) is 0 Å². The Bertz CT molecular complexity index is 1120. The van der Waals surface area contributed by atoms with E-state index in [4.69, 9.17) is 25.8 Å². The smallest absolute Gasteiger partial charge is 0.262 e. The summed E-state index contributed by atoms with van der Waals surface area (Å²) < 4.78 is 29.4. The zero-order valence-corrected chi connectivity index (χ0v) is 16.9. The molecule has 0 saturated heterocycles. The second-order valence-electron chi connectivity index (χ2n) is 6.67. The molecule has 0 spiro atoms. The van der Waals surface area contributed by atoms with Crippen LogP contribution in [-0.4, -0.2) is 31.5 Å². The topological polar surface area (TPSA) is 73.9 Å². The summed E-state index contributed by atoms with van der Waals surface area (Å²) in [6.07, 6.45) is 0. The van der Waals surface area contributed by atoms with Gasteiger partial charge in [0.2, 0.25) is 0 Å². The molecular formula is C23H17ClFNO5. The van der Waals surface area contributed by atoms with Crippen molar-refractivity contribution in [2.24, 2.45) is 0 Å². The molecule has 0 radical (unpaired) electrons. The fraction of sp³-hybridized carbons (Fsp3) is 0.130. The lowest BCUT2D eigenvalue weighted by atomic mass is 10.0. The van der Waals surface area contributed by atoms with E-state index >= 15 is 0 Å². The Morgan fingerprint density at radius 1 is 0.935 bits per heavy atom. The Morgan fingerprint density at radius 3 is 2.16 bits per heavy atom. The number of benzene rings is 3. The molecule has 8 heteroatoms. The minimum atomic E-state index is -0.412. The van der Waals surface area contributed by atoms with Crippen LogP contribution in [0.2, 0.25) is 5.02 Å². The molecule has 0 atom stereocenters. The maximum atomic E-state index is 13.0. The third-order valence-corrected chi connectivity index (χ3v) is 4.81. The number of halogens is 2. The van der Waals surface area contributed by atoms with Gasteiger partial charge in [0.05, 0.1) is 10.7 Å². The lowest BCUT2D eigenvalue weighted by Gasteiger charge is -2.20. The number of ether oxygens (including phenoxy) is 3. The quantitative estimate of drug-likeness (QED) is 0.570. The highest BCUT2D eigenvalue weighted by Crippen LogP contribution is 2.37. The first-order valence-corrected chi connectivity index (χ1v) is 9.79. The molecule has 3 aromatic rings. The van der Waals surface area contributed by atoms with Crippen molar-refractivity contribution in [3.8, 4) is 17.2 Å². The molecule has 31 heavy (non-hydrogen) atoms. The summed E-state index contributed by atoms with van der Waals surface area (Å²) in [5.41, 5.74) is 1.19. The fourth-order valence-electron chi connectivity index (χ4n) is 2.97. The Kier molecular flexibility index (Phi) is 6.04. The molecule has 0 aliphatic carbocycles. The van der Waals surface area contributed by atoms with E-state index < -0.39 is 11.7 Å². The maximum Gasteiger partial charge on any atom is 0.262 e. The van der Waals surface area contributed by atoms with Gasteiger partial charge in [0, 0.05) is 23.3 Å². The van der Waals surface area contributed by atoms with Crippen LogP contribution in [0.1, 0.15) is 15.9 Å². The molecule has 0 saturated carbocycles. The van der Waals surface area contributed by atoms with Gasteiger partial charge in [0.1, 0.15) is 24.8 Å². The van der Waals surface area contributed by atoms with Crippen LogP contribution in [0.4, 0.5) is 10.1 Å². The van der Waals surface area contributed by atoms with E-state index in [-0.39, 0.29) is 12.4 Å². The van der Waals surface area contributed by atoms with Crippen LogP contribution in [-0.2, 0) is 4.79 Å². The summed E-state index contributed by atoms with van der Waals surface area (Å²) in [4.78, 5) is 24.7. The molecule has 0 fully saturated rings. The highest BCUT2D eigenvalue weighted by molar-refractivity contribution is 6.34. The SMILES string of the molecule is O=C(COc1ccc(C(=O)c2ccc(F)cc2)cc1)Nc1cc2c(cc1Cl)OCCO2. The van der Waals surface area contributed by atoms with Crippen LogP contribution in [0.25, 0.3) is 0 Å². The zero-order valence-electron chi connectivity index (χ0n) is 16.2. The van der Waals surface area contributed by atoms with Crippen LogP contribution in [0, 0.1) is 5.82 Å². The molecule has 0 bridgehead atoms. The number of fused-ring (bicyclic) bond motifs is 1. The zero-order chi connectivity index (χ0) is 21.8. The lowest BCUT2D eigenvalue weighted by Crippen LogP contribution is -2.21. The molecule has 6 nitrogen and oxygen atoms in total. The van der Waals surface area contributed by atoms with E-state index in [2.05, 4.69) is 5.32 Å². The molecule has 0 aromatic heterocycles. The largest absolute Gasteiger partial charge is 0.486 e. The van der Waals surface area contributed by atoms with Crippen molar-refractivity contribution in [3.05, 3.63) is 82.6 Å². The third kappa shape index (κ3) is 4.95. The van der Waals surface area contributed by atoms with E-state index in [0.717, 1.165) is 0 Å². The Hall–Kier alpha value is -3.58. The van der Waals surface area contributed by atoms with E-state index in [1.807, 2.05) is 0 Å². The van der Waals surface area contributed by atoms with E-state index in [0.29, 0.717) is 52.3 Å². The number of nitrogens with one attached hydrogen (secondary N) is 1. The van der Waals surface area contributed by atoms with Crippen LogP contribution >= 0.6 is 11.6 Å². The molecule has 1 N–H and O–H groups in total. The molecule has 0 unspecified atom stereocenters. The first kappa shape index (κ1) is 20.7. The van der Waals surface area contributed by atoms with Gasteiger partial charge in [-0.3, -0.25) is 9.59 Å². The molecular weight excluding hydrogens is 425 g/mol. The van der Waals surface area contributed by atoms with Crippen molar-refractivity contribution in [1.82, 2.24) is 0 Å². The molecule has 1 aliphatic rings. The van der Waals surface area contributed by atoms with Gasteiger partial charge in [0.15, 0.2) is 23.9 Å². The van der Waals surface area contributed by atoms with Gasteiger partial charge >= 0.3 is 0 Å². The fourth-order valence-corrected chi connectivity index (χ4v) is 3.17. The number of amides is 1. The summed E-state index contributed by atoms with van der Waals surface area (Å²) in [6.45, 7) is 0.609. The van der Waals surface area contributed by atoms with E-state index in [1.165, 1.54) is 24.3 Å². The van der Waals surface area contributed by atoms with Gasteiger partial charge in [-0.1, -0.05) is 11.6 Å². The summed E-state index contributed by atoms with van der Waals surface area (Å²) in [7, 11) is 0. The van der Waals surface area contributed by atoms with Gasteiger partial charge in [-0.05, 0) is 48.5 Å². The highest BCUT2D eigenvalue weighted by atomic mass is 35.5. The normalized spacial score (nSPS) is 12.2. The highest BCUT2D eigenvalue weighted by Gasteiger charge is 2.17. The van der Waals surface area contributed by atoms with Gasteiger partial charge in [-0.2, -0.15) is 0 Å². The molecule has 4 rings (SSSR count). The van der Waals surface area contributed by atoms with Crippen LogP contribution in [0.5, 0.6) is 17.2 Å². The Morgan fingerprint density at radius 2 is 1.52 bits per heavy atom. The first-order chi connectivity index (χ1) is 15.0. The number of anilines is 1. The van der Waals surface area contributed by atoms with E-state index in [9.17, 15) is 14.0 Å². The summed E-state index contributed by atoms with van der Waals surface area (Å²) in [5.74, 6) is 0.395. The predicted octanol–water partition coefficient (Wildman–Crippen LogP) is 4.50. The van der Waals surface area contributed by atoms with Crippen molar-refractivity contribution >= 4 is 29.0 Å². The number of hydrogen-bond donors (Lipinski definition) is 1. The van der Waals surface area contributed by atoms with Gasteiger partial charge in [0.25, 0.3) is 5.91 Å². The molecule has 1 amide bonds. The maximum absolute atomic E-state index is 13.0. The minimum absolute atomic E-state index is 0.238. The van der Waals surface area contributed by atoms with Crippen LogP contribution in [0.3, 0.4) is 0 Å². The monoisotopic (exact) mass is 441 g/mol. The number of hydrogen-bond acceptors (Lipinski definition) is 5. The molecule has 1 heterocycles. The number of ketones is 1. The Balaban J connectivity index is 1.34. The van der Waals surface area contributed by atoms with Gasteiger partial charge in [-0.25, -0.2) is 4.39 Å². The summed E-state index contributed by atoms with van der Waals surface area (Å²) in [5, 5.41) is 2.99. The Labute approximate surface area is 182 Å². The number of carbonyl (C=O) groups is 2. The minimum Gasteiger partial charge on any atom is -0.486 e. The van der Waals surface area contributed by atoms with E-state index in [1.54, 1.807) is 36.4 Å². The van der Waals surface area contributed by atoms with Crippen molar-refractivity contribution in [2.45, 2.75) is 0 Å². The summed E-state index contributed by atoms with van der Waals surface area (Å²) in [6, 6.07) is 14.8. The standard InChI is InChI=1S/C23H17ClFNO5/c24-18-11-20-21(30-10-9-29-20)12-19(18)26-22(27)13-31-17-7-3-15(4-8-17)23(28)14-1-5-16(25)6-2-14/h1-8,11-12H,9-10,13H2,(H,26,27). The second kappa shape index (κ2) is 9.06. The van der Waals surface area contributed by atoms with Gasteiger partial charge in [-0.15, -0.1) is 0 Å². The molecule has 3 aromatic carbocycles. The predicted molar refractivity (Wildman–Crippen MR) is 113 cm³/mol. The lowest BCUT2D eigenvalue weighted by molar-refractivity contribution is -0.118. The van der Waals surface area contributed by atoms with Crippen molar-refractivity contribution in [2.75, 3.05) is 25.1 Å². The van der Waals surface area contributed by atoms with Crippen LogP contribution in [0.15, 0.2) is 60.7 Å². The summed E-state index contributed by atoms with van der Waals surface area (Å²) >= 11 is 6.18.